The Bertz CT molecular complexity index is 416. The van der Waals surface area contributed by atoms with Crippen molar-refractivity contribution in [1.82, 2.24) is 4.90 Å². The van der Waals surface area contributed by atoms with E-state index in [0.29, 0.717) is 13.1 Å². The zero-order chi connectivity index (χ0) is 11.7. The summed E-state index contributed by atoms with van der Waals surface area (Å²) in [6.45, 7) is 1.05. The fourth-order valence-corrected chi connectivity index (χ4v) is 1.77. The van der Waals surface area contributed by atoms with E-state index in [1.54, 1.807) is 4.90 Å². The van der Waals surface area contributed by atoms with Gasteiger partial charge in [0.05, 0.1) is 5.92 Å². The number of nitrogens with zero attached hydrogens (tertiary/aromatic N) is 1. The third-order valence-electron chi connectivity index (χ3n) is 2.73. The van der Waals surface area contributed by atoms with Crippen molar-refractivity contribution >= 4 is 5.97 Å². The molecule has 2 rings (SSSR count). The summed E-state index contributed by atoms with van der Waals surface area (Å²) in [4.78, 5) is 12.3. The van der Waals surface area contributed by atoms with Crippen LogP contribution < -0.4 is 0 Å². The highest BCUT2D eigenvalue weighted by Crippen LogP contribution is 2.20. The highest BCUT2D eigenvalue weighted by molar-refractivity contribution is 5.71. The van der Waals surface area contributed by atoms with E-state index in [2.05, 4.69) is 0 Å². The minimum Gasteiger partial charge on any atom is -0.481 e. The molecule has 1 N–H and O–H groups in total. The summed E-state index contributed by atoms with van der Waals surface area (Å²) in [5, 5.41) is 8.66. The highest BCUT2D eigenvalue weighted by atomic mass is 19.2. The van der Waals surface area contributed by atoms with Gasteiger partial charge in [-0.05, 0) is 6.07 Å². The van der Waals surface area contributed by atoms with Gasteiger partial charge >= 0.3 is 5.97 Å². The molecule has 1 heterocycles. The third-order valence-corrected chi connectivity index (χ3v) is 2.73. The molecular formula is C11H11F2NO2. The van der Waals surface area contributed by atoms with E-state index in [0.717, 1.165) is 6.07 Å². The second-order valence-corrected chi connectivity index (χ2v) is 3.94. The van der Waals surface area contributed by atoms with Crippen molar-refractivity contribution < 1.29 is 18.7 Å². The van der Waals surface area contributed by atoms with E-state index in [-0.39, 0.29) is 18.0 Å². The van der Waals surface area contributed by atoms with Gasteiger partial charge in [0.1, 0.15) is 0 Å². The molecule has 5 heteroatoms. The predicted molar refractivity (Wildman–Crippen MR) is 52.8 cm³/mol. The number of aliphatic carboxylic acids is 1. The van der Waals surface area contributed by atoms with Crippen LogP contribution in [-0.4, -0.2) is 29.1 Å². The number of likely N-dealkylation sites (tertiary alicyclic amines) is 1. The molecule has 1 saturated heterocycles. The first-order valence-corrected chi connectivity index (χ1v) is 4.96. The lowest BCUT2D eigenvalue weighted by Gasteiger charge is -2.36. The molecule has 1 aromatic rings. The van der Waals surface area contributed by atoms with Crippen LogP contribution in [0.4, 0.5) is 8.78 Å². The van der Waals surface area contributed by atoms with Crippen molar-refractivity contribution in [3.8, 4) is 0 Å². The molecule has 0 unspecified atom stereocenters. The van der Waals surface area contributed by atoms with Crippen molar-refractivity contribution in [3.05, 3.63) is 35.4 Å². The van der Waals surface area contributed by atoms with Crippen molar-refractivity contribution in [1.29, 1.82) is 0 Å². The quantitative estimate of drug-likeness (QED) is 0.850. The Morgan fingerprint density at radius 3 is 2.75 bits per heavy atom. The second-order valence-electron chi connectivity index (χ2n) is 3.94. The minimum atomic E-state index is -0.868. The SMILES string of the molecule is O=C(O)C1CN(Cc2cccc(F)c2F)C1. The molecule has 86 valence electrons. The van der Waals surface area contributed by atoms with E-state index >= 15 is 0 Å². The van der Waals surface area contributed by atoms with Gasteiger partial charge in [-0.2, -0.15) is 0 Å². The molecule has 1 aliphatic heterocycles. The van der Waals surface area contributed by atoms with Crippen molar-refractivity contribution in [2.24, 2.45) is 5.92 Å². The van der Waals surface area contributed by atoms with Crippen LogP contribution in [0.2, 0.25) is 0 Å². The molecule has 1 aromatic carbocycles. The van der Waals surface area contributed by atoms with Gasteiger partial charge in [-0.15, -0.1) is 0 Å². The number of carbonyl (C=O) groups is 1. The lowest BCUT2D eigenvalue weighted by atomic mass is 9.99. The molecule has 1 fully saturated rings. The summed E-state index contributed by atoms with van der Waals surface area (Å²) in [7, 11) is 0. The number of carboxylic acid groups (broad SMARTS) is 1. The zero-order valence-electron chi connectivity index (χ0n) is 8.49. The third kappa shape index (κ3) is 2.04. The first-order chi connectivity index (χ1) is 7.58. The fourth-order valence-electron chi connectivity index (χ4n) is 1.77. The molecule has 1 aliphatic rings. The van der Waals surface area contributed by atoms with Gasteiger partial charge in [0.2, 0.25) is 0 Å². The van der Waals surface area contributed by atoms with Gasteiger partial charge in [-0.3, -0.25) is 9.69 Å². The van der Waals surface area contributed by atoms with E-state index in [1.807, 2.05) is 0 Å². The van der Waals surface area contributed by atoms with Gasteiger partial charge in [-0.25, -0.2) is 8.78 Å². The minimum absolute atomic E-state index is 0.257. The number of halogens is 2. The summed E-state index contributed by atoms with van der Waals surface area (Å²) < 4.78 is 26.1. The molecule has 0 aromatic heterocycles. The smallest absolute Gasteiger partial charge is 0.309 e. The van der Waals surface area contributed by atoms with Crippen LogP contribution in [0.15, 0.2) is 18.2 Å². The normalized spacial score (nSPS) is 17.1. The summed E-state index contributed by atoms with van der Waals surface area (Å²) in [6.07, 6.45) is 0. The lowest BCUT2D eigenvalue weighted by molar-refractivity contribution is -0.147. The summed E-state index contributed by atoms with van der Waals surface area (Å²) >= 11 is 0. The van der Waals surface area contributed by atoms with Crippen LogP contribution in [0.1, 0.15) is 5.56 Å². The molecular weight excluding hydrogens is 216 g/mol. The van der Waals surface area contributed by atoms with Crippen molar-refractivity contribution in [2.45, 2.75) is 6.54 Å². The molecule has 3 nitrogen and oxygen atoms in total. The molecule has 0 spiro atoms. The topological polar surface area (TPSA) is 40.5 Å². The monoisotopic (exact) mass is 227 g/mol. The standard InChI is InChI=1S/C11H11F2NO2/c12-9-3-1-2-7(10(9)13)4-14-5-8(6-14)11(15)16/h1-3,8H,4-6H2,(H,15,16). The number of benzene rings is 1. The van der Waals surface area contributed by atoms with Crippen LogP contribution in [-0.2, 0) is 11.3 Å². The summed E-state index contributed by atoms with van der Waals surface area (Å²) in [5.74, 6) is -2.93. The van der Waals surface area contributed by atoms with E-state index in [9.17, 15) is 13.6 Å². The summed E-state index contributed by atoms with van der Waals surface area (Å²) in [5.41, 5.74) is 0.267. The maximum absolute atomic E-state index is 13.3. The van der Waals surface area contributed by atoms with Gasteiger partial charge in [0.15, 0.2) is 11.6 Å². The molecule has 0 bridgehead atoms. The van der Waals surface area contributed by atoms with Crippen molar-refractivity contribution in [2.75, 3.05) is 13.1 Å². The maximum Gasteiger partial charge on any atom is 0.309 e. The van der Waals surface area contributed by atoms with Crippen LogP contribution in [0.25, 0.3) is 0 Å². The molecule has 0 radical (unpaired) electrons. The average molecular weight is 227 g/mol. The van der Waals surface area contributed by atoms with E-state index < -0.39 is 17.6 Å². The number of hydrogen-bond acceptors (Lipinski definition) is 2. The average Bonchev–Trinajstić information content (AvgIpc) is 2.16. The predicted octanol–water partition coefficient (Wildman–Crippen LogP) is 1.48. The number of hydrogen-bond donors (Lipinski definition) is 1. The first-order valence-electron chi connectivity index (χ1n) is 4.96. The van der Waals surface area contributed by atoms with Crippen LogP contribution >= 0.6 is 0 Å². The van der Waals surface area contributed by atoms with Gasteiger partial charge in [0.25, 0.3) is 0 Å². The number of carboxylic acids is 1. The Balaban J connectivity index is 1.97. The summed E-state index contributed by atoms with van der Waals surface area (Å²) in [6, 6.07) is 4.02. The molecule has 0 saturated carbocycles. The number of rotatable bonds is 3. The highest BCUT2D eigenvalue weighted by Gasteiger charge is 2.32. The fraction of sp³-hybridized carbons (Fsp3) is 0.364. The van der Waals surface area contributed by atoms with E-state index in [4.69, 9.17) is 5.11 Å². The Labute approximate surface area is 91.3 Å². The van der Waals surface area contributed by atoms with Gasteiger partial charge in [-0.1, -0.05) is 12.1 Å². The zero-order valence-corrected chi connectivity index (χ0v) is 8.49. The Morgan fingerprint density at radius 2 is 2.12 bits per heavy atom. The van der Waals surface area contributed by atoms with Crippen LogP contribution in [0, 0.1) is 17.6 Å². The van der Waals surface area contributed by atoms with Crippen LogP contribution in [0.3, 0.4) is 0 Å². The van der Waals surface area contributed by atoms with Gasteiger partial charge in [0, 0.05) is 25.2 Å². The Kier molecular flexibility index (Phi) is 2.87. The molecule has 0 atom stereocenters. The maximum atomic E-state index is 13.3. The largest absolute Gasteiger partial charge is 0.481 e. The van der Waals surface area contributed by atoms with E-state index in [1.165, 1.54) is 12.1 Å². The first kappa shape index (κ1) is 11.0. The van der Waals surface area contributed by atoms with Gasteiger partial charge < -0.3 is 5.11 Å². The lowest BCUT2D eigenvalue weighted by Crippen LogP contribution is -2.49. The molecule has 16 heavy (non-hydrogen) atoms. The van der Waals surface area contributed by atoms with Crippen LogP contribution in [0.5, 0.6) is 0 Å². The Hall–Kier alpha value is -1.49. The molecule has 0 amide bonds. The second kappa shape index (κ2) is 4.17. The Morgan fingerprint density at radius 1 is 1.44 bits per heavy atom. The molecule has 0 aliphatic carbocycles. The van der Waals surface area contributed by atoms with Crippen molar-refractivity contribution in [3.63, 3.8) is 0 Å².